The van der Waals surface area contributed by atoms with Crippen LogP contribution in [0.5, 0.6) is 0 Å². The van der Waals surface area contributed by atoms with Gasteiger partial charge in [-0.15, -0.1) is 24.8 Å². The number of hydrogen-bond acceptors (Lipinski definition) is 6. The topological polar surface area (TPSA) is 116 Å². The number of anilines is 1. The summed E-state index contributed by atoms with van der Waals surface area (Å²) >= 11 is 0. The Balaban J connectivity index is 0.00000210. The number of benzene rings is 1. The number of nitrogens with zero attached hydrogens (tertiary/aromatic N) is 3. The van der Waals surface area contributed by atoms with E-state index in [4.69, 9.17) is 15.6 Å². The molecule has 2 heterocycles. The molecule has 3 rings (SSSR count). The van der Waals surface area contributed by atoms with E-state index < -0.39 is 18.2 Å². The summed E-state index contributed by atoms with van der Waals surface area (Å²) < 4.78 is 5.29. The normalized spacial score (nSPS) is 19.2. The first-order chi connectivity index (χ1) is 13.0. The molecule has 162 valence electrons. The number of cyclic esters (lactones) is 1. The van der Waals surface area contributed by atoms with Gasteiger partial charge in [-0.25, -0.2) is 4.79 Å². The minimum Gasteiger partial charge on any atom is -0.481 e. The van der Waals surface area contributed by atoms with Crippen LogP contribution in [-0.2, 0) is 20.9 Å². The summed E-state index contributed by atoms with van der Waals surface area (Å²) in [5.41, 5.74) is 7.21. The molecule has 11 heteroatoms. The van der Waals surface area contributed by atoms with E-state index in [1.807, 2.05) is 17.0 Å². The van der Waals surface area contributed by atoms with E-state index in [1.54, 1.807) is 17.0 Å². The van der Waals surface area contributed by atoms with Crippen LogP contribution in [-0.4, -0.2) is 78.2 Å². The number of nitrogens with two attached hydrogens (primary N) is 1. The van der Waals surface area contributed by atoms with Crippen molar-refractivity contribution < 1.29 is 24.2 Å². The summed E-state index contributed by atoms with van der Waals surface area (Å²) in [6.07, 6.45) is -1.27. The van der Waals surface area contributed by atoms with Gasteiger partial charge >= 0.3 is 12.1 Å². The molecule has 9 nitrogen and oxygen atoms in total. The second kappa shape index (κ2) is 11.2. The van der Waals surface area contributed by atoms with Crippen molar-refractivity contribution in [1.82, 2.24) is 9.80 Å². The van der Waals surface area contributed by atoms with Crippen LogP contribution in [0.15, 0.2) is 24.3 Å². The zero-order valence-corrected chi connectivity index (χ0v) is 17.5. The molecule has 0 saturated carbocycles. The highest BCUT2D eigenvalue weighted by molar-refractivity contribution is 5.95. The van der Waals surface area contributed by atoms with Crippen LogP contribution in [0.25, 0.3) is 0 Å². The Bertz CT molecular complexity index is 711. The number of carbonyl (C=O) groups excluding carboxylic acids is 2. The van der Waals surface area contributed by atoms with E-state index in [0.717, 1.165) is 5.56 Å². The number of amides is 2. The minimum atomic E-state index is -0.828. The average Bonchev–Trinajstić information content (AvgIpc) is 3.08. The summed E-state index contributed by atoms with van der Waals surface area (Å²) in [5.74, 6) is -1.03. The second-order valence-corrected chi connectivity index (χ2v) is 6.66. The highest BCUT2D eigenvalue weighted by Crippen LogP contribution is 2.23. The SMILES string of the molecule is Cl.Cl.NCc1ccc(N2CC(C(=O)N3CCN(CCC(=O)O)CC3)OC2=O)cc1. The highest BCUT2D eigenvalue weighted by atomic mass is 35.5. The Morgan fingerprint density at radius 1 is 1.10 bits per heavy atom. The van der Waals surface area contributed by atoms with Crippen LogP contribution >= 0.6 is 24.8 Å². The Hall–Kier alpha value is -2.07. The first kappa shape index (κ1) is 25.0. The molecule has 1 aromatic carbocycles. The largest absolute Gasteiger partial charge is 0.481 e. The van der Waals surface area contributed by atoms with Gasteiger partial charge in [-0.05, 0) is 17.7 Å². The van der Waals surface area contributed by atoms with Crippen molar-refractivity contribution in [1.29, 1.82) is 0 Å². The number of piperazine rings is 1. The number of hydrogen-bond donors (Lipinski definition) is 2. The Kier molecular flexibility index (Phi) is 9.64. The molecule has 0 radical (unpaired) electrons. The number of carboxylic acid groups (broad SMARTS) is 1. The molecular weight excluding hydrogens is 423 g/mol. The van der Waals surface area contributed by atoms with Crippen molar-refractivity contribution >= 4 is 48.5 Å². The van der Waals surface area contributed by atoms with Gasteiger partial charge in [-0.2, -0.15) is 0 Å². The average molecular weight is 449 g/mol. The lowest BCUT2D eigenvalue weighted by atomic mass is 10.2. The van der Waals surface area contributed by atoms with E-state index in [-0.39, 0.29) is 43.7 Å². The molecule has 0 bridgehead atoms. The number of halogens is 2. The first-order valence-corrected chi connectivity index (χ1v) is 8.98. The van der Waals surface area contributed by atoms with Crippen molar-refractivity contribution in [3.8, 4) is 0 Å². The third-order valence-corrected chi connectivity index (χ3v) is 4.90. The molecular formula is C18H26Cl2N4O5. The fraction of sp³-hybridized carbons (Fsp3) is 0.500. The third kappa shape index (κ3) is 6.20. The molecule has 2 fully saturated rings. The van der Waals surface area contributed by atoms with Crippen molar-refractivity contribution in [2.24, 2.45) is 5.73 Å². The maximum atomic E-state index is 12.7. The molecule has 1 unspecified atom stereocenters. The van der Waals surface area contributed by atoms with Gasteiger partial charge in [0.2, 0.25) is 0 Å². The summed E-state index contributed by atoms with van der Waals surface area (Å²) in [7, 11) is 0. The van der Waals surface area contributed by atoms with Crippen LogP contribution in [0.4, 0.5) is 10.5 Å². The quantitative estimate of drug-likeness (QED) is 0.664. The van der Waals surface area contributed by atoms with Crippen LogP contribution in [0.2, 0.25) is 0 Å². The summed E-state index contributed by atoms with van der Waals surface area (Å²) in [6, 6.07) is 7.26. The maximum Gasteiger partial charge on any atom is 0.415 e. The zero-order valence-electron chi connectivity index (χ0n) is 15.9. The van der Waals surface area contributed by atoms with E-state index in [2.05, 4.69) is 0 Å². The zero-order chi connectivity index (χ0) is 19.4. The molecule has 0 aliphatic carbocycles. The van der Waals surface area contributed by atoms with Crippen LogP contribution < -0.4 is 10.6 Å². The molecule has 1 atom stereocenters. The van der Waals surface area contributed by atoms with E-state index >= 15 is 0 Å². The molecule has 2 amide bonds. The van der Waals surface area contributed by atoms with Crippen LogP contribution in [0.3, 0.4) is 0 Å². The van der Waals surface area contributed by atoms with Gasteiger partial charge in [0.25, 0.3) is 5.91 Å². The van der Waals surface area contributed by atoms with Crippen molar-refractivity contribution in [2.45, 2.75) is 19.1 Å². The number of carboxylic acids is 1. The molecule has 29 heavy (non-hydrogen) atoms. The van der Waals surface area contributed by atoms with Crippen molar-refractivity contribution in [3.63, 3.8) is 0 Å². The summed E-state index contributed by atoms with van der Waals surface area (Å²) in [5, 5.41) is 8.75. The predicted octanol–water partition coefficient (Wildman–Crippen LogP) is 0.933. The second-order valence-electron chi connectivity index (χ2n) is 6.66. The molecule has 0 spiro atoms. The predicted molar refractivity (Wildman–Crippen MR) is 112 cm³/mol. The molecule has 2 aliphatic heterocycles. The number of ether oxygens (including phenoxy) is 1. The van der Waals surface area contributed by atoms with E-state index in [0.29, 0.717) is 45.0 Å². The monoisotopic (exact) mass is 448 g/mol. The summed E-state index contributed by atoms with van der Waals surface area (Å²) in [4.78, 5) is 40.7. The van der Waals surface area contributed by atoms with E-state index in [1.165, 1.54) is 4.90 Å². The van der Waals surface area contributed by atoms with Crippen LogP contribution in [0.1, 0.15) is 12.0 Å². The van der Waals surface area contributed by atoms with Gasteiger partial charge in [-0.3, -0.25) is 19.4 Å². The van der Waals surface area contributed by atoms with Crippen molar-refractivity contribution in [3.05, 3.63) is 29.8 Å². The lowest BCUT2D eigenvalue weighted by Crippen LogP contribution is -2.52. The molecule has 2 aliphatic rings. The smallest absolute Gasteiger partial charge is 0.415 e. The molecule has 1 aromatic rings. The minimum absolute atomic E-state index is 0. The number of aliphatic carboxylic acids is 1. The van der Waals surface area contributed by atoms with Gasteiger partial charge < -0.3 is 20.5 Å². The standard InChI is InChI=1S/C18H24N4O5.2ClH/c19-11-13-1-3-14(4-2-13)22-12-15(27-18(22)26)17(25)21-9-7-20(8-10-21)6-5-16(23)24;;/h1-4,15H,5-12,19H2,(H,23,24);2*1H. The molecule has 0 aromatic heterocycles. The van der Waals surface area contributed by atoms with Crippen molar-refractivity contribution in [2.75, 3.05) is 44.2 Å². The number of carbonyl (C=O) groups is 3. The molecule has 3 N–H and O–H groups in total. The van der Waals surface area contributed by atoms with Crippen LogP contribution in [0, 0.1) is 0 Å². The first-order valence-electron chi connectivity index (χ1n) is 8.98. The van der Waals surface area contributed by atoms with Gasteiger partial charge in [0, 0.05) is 45.0 Å². The lowest BCUT2D eigenvalue weighted by Gasteiger charge is -2.35. The fourth-order valence-corrected chi connectivity index (χ4v) is 3.26. The third-order valence-electron chi connectivity index (χ3n) is 4.90. The Labute approximate surface area is 181 Å². The van der Waals surface area contributed by atoms with Gasteiger partial charge in [0.05, 0.1) is 13.0 Å². The maximum absolute atomic E-state index is 12.7. The highest BCUT2D eigenvalue weighted by Gasteiger charge is 2.39. The van der Waals surface area contributed by atoms with E-state index in [9.17, 15) is 14.4 Å². The van der Waals surface area contributed by atoms with Gasteiger partial charge in [0.15, 0.2) is 6.10 Å². The lowest BCUT2D eigenvalue weighted by molar-refractivity contribution is -0.141. The van der Waals surface area contributed by atoms with Gasteiger partial charge in [0.1, 0.15) is 0 Å². The fourth-order valence-electron chi connectivity index (χ4n) is 3.26. The van der Waals surface area contributed by atoms with Gasteiger partial charge in [-0.1, -0.05) is 12.1 Å². The number of rotatable bonds is 6. The Morgan fingerprint density at radius 2 is 1.72 bits per heavy atom. The molecule has 2 saturated heterocycles. The summed E-state index contributed by atoms with van der Waals surface area (Å²) in [6.45, 7) is 3.30. The Morgan fingerprint density at radius 3 is 2.28 bits per heavy atom.